The Hall–Kier alpha value is -2.95. The Morgan fingerprint density at radius 1 is 0.923 bits per heavy atom. The van der Waals surface area contributed by atoms with E-state index in [0.29, 0.717) is 17.0 Å². The number of imide groups is 1. The van der Waals surface area contributed by atoms with Crippen LogP contribution in [-0.4, -0.2) is 28.7 Å². The molecule has 2 aromatic rings. The molecule has 1 atom stereocenters. The van der Waals surface area contributed by atoms with Crippen LogP contribution in [0.3, 0.4) is 0 Å². The van der Waals surface area contributed by atoms with Gasteiger partial charge in [0.1, 0.15) is 12.6 Å². The van der Waals surface area contributed by atoms with Crippen molar-refractivity contribution in [3.05, 3.63) is 70.8 Å². The van der Waals surface area contributed by atoms with Gasteiger partial charge in [-0.2, -0.15) is 0 Å². The van der Waals surface area contributed by atoms with Crippen molar-refractivity contribution in [2.24, 2.45) is 0 Å². The van der Waals surface area contributed by atoms with Crippen LogP contribution >= 0.6 is 0 Å². The van der Waals surface area contributed by atoms with E-state index >= 15 is 0 Å². The molecule has 0 bridgehead atoms. The van der Waals surface area contributed by atoms with E-state index in [4.69, 9.17) is 4.74 Å². The number of fused-ring (bicyclic) bond motifs is 1. The number of carbonyl (C=O) groups is 3. The van der Waals surface area contributed by atoms with Crippen molar-refractivity contribution in [3.8, 4) is 0 Å². The molecule has 0 fully saturated rings. The summed E-state index contributed by atoms with van der Waals surface area (Å²) in [4.78, 5) is 38.2. The Labute approximate surface area is 152 Å². The Kier molecular flexibility index (Phi) is 4.89. The molecule has 1 aliphatic rings. The van der Waals surface area contributed by atoms with Crippen LogP contribution < -0.4 is 0 Å². The van der Waals surface area contributed by atoms with Crippen molar-refractivity contribution in [1.82, 2.24) is 4.90 Å². The van der Waals surface area contributed by atoms with Gasteiger partial charge in [0.25, 0.3) is 11.8 Å². The smallest absolute Gasteiger partial charge is 0.329 e. The van der Waals surface area contributed by atoms with Crippen molar-refractivity contribution in [2.75, 3.05) is 0 Å². The summed E-state index contributed by atoms with van der Waals surface area (Å²) in [6.07, 6.45) is 0. The van der Waals surface area contributed by atoms with Gasteiger partial charge in [0.05, 0.1) is 11.1 Å². The lowest BCUT2D eigenvalue weighted by atomic mass is 10.0. The van der Waals surface area contributed by atoms with Gasteiger partial charge in [0.2, 0.25) is 0 Å². The second-order valence-electron chi connectivity index (χ2n) is 6.71. The molecule has 1 aliphatic heterocycles. The van der Waals surface area contributed by atoms with Gasteiger partial charge >= 0.3 is 5.97 Å². The molecule has 0 saturated carbocycles. The van der Waals surface area contributed by atoms with Crippen LogP contribution in [0.15, 0.2) is 48.5 Å². The lowest BCUT2D eigenvalue weighted by molar-refractivity contribution is -0.149. The molecule has 2 amide bonds. The molecule has 0 saturated heterocycles. The molecule has 1 unspecified atom stereocenters. The average molecular weight is 351 g/mol. The number of ether oxygens (including phenoxy) is 1. The first-order valence-corrected chi connectivity index (χ1v) is 8.62. The largest absolute Gasteiger partial charge is 0.459 e. The van der Waals surface area contributed by atoms with Crippen LogP contribution in [0, 0.1) is 0 Å². The normalized spacial score (nSPS) is 14.5. The van der Waals surface area contributed by atoms with E-state index in [2.05, 4.69) is 13.8 Å². The lowest BCUT2D eigenvalue weighted by Crippen LogP contribution is -2.43. The Bertz CT molecular complexity index is 820. The highest BCUT2D eigenvalue weighted by Gasteiger charge is 2.41. The maximum Gasteiger partial charge on any atom is 0.329 e. The fourth-order valence-electron chi connectivity index (χ4n) is 2.94. The molecule has 134 valence electrons. The minimum Gasteiger partial charge on any atom is -0.459 e. The highest BCUT2D eigenvalue weighted by Crippen LogP contribution is 2.25. The van der Waals surface area contributed by atoms with Crippen LogP contribution in [0.5, 0.6) is 0 Å². The van der Waals surface area contributed by atoms with E-state index < -0.39 is 23.8 Å². The van der Waals surface area contributed by atoms with E-state index in [1.165, 1.54) is 12.5 Å². The maximum atomic E-state index is 12.4. The average Bonchev–Trinajstić information content (AvgIpc) is 2.90. The predicted molar refractivity (Wildman–Crippen MR) is 96.7 cm³/mol. The van der Waals surface area contributed by atoms with Crippen LogP contribution in [0.2, 0.25) is 0 Å². The van der Waals surface area contributed by atoms with Gasteiger partial charge in [-0.1, -0.05) is 50.2 Å². The third kappa shape index (κ3) is 3.25. The van der Waals surface area contributed by atoms with Crippen LogP contribution in [0.4, 0.5) is 0 Å². The van der Waals surface area contributed by atoms with Gasteiger partial charge in [-0.15, -0.1) is 0 Å². The molecule has 1 heterocycles. The van der Waals surface area contributed by atoms with Crippen molar-refractivity contribution in [3.63, 3.8) is 0 Å². The first-order valence-electron chi connectivity index (χ1n) is 8.62. The summed E-state index contributed by atoms with van der Waals surface area (Å²) in [5.41, 5.74) is 2.71. The summed E-state index contributed by atoms with van der Waals surface area (Å²) in [6, 6.07) is 13.4. The molecule has 0 aliphatic carbocycles. The van der Waals surface area contributed by atoms with E-state index in [9.17, 15) is 14.4 Å². The molecule has 5 heteroatoms. The SMILES string of the molecule is CC(C)c1ccc(COC(=O)C(C)N2C(=O)c3ccccc3C2=O)cc1. The van der Waals surface area contributed by atoms with Crippen molar-refractivity contribution < 1.29 is 19.1 Å². The molecule has 3 rings (SSSR count). The third-order valence-corrected chi connectivity index (χ3v) is 4.58. The van der Waals surface area contributed by atoms with Gasteiger partial charge in [0, 0.05) is 0 Å². The monoisotopic (exact) mass is 351 g/mol. The Morgan fingerprint density at radius 2 is 1.46 bits per heavy atom. The zero-order valence-electron chi connectivity index (χ0n) is 15.1. The number of rotatable bonds is 5. The zero-order valence-corrected chi connectivity index (χ0v) is 15.1. The van der Waals surface area contributed by atoms with Gasteiger partial charge < -0.3 is 4.74 Å². The van der Waals surface area contributed by atoms with E-state index in [1.807, 2.05) is 24.3 Å². The fraction of sp³-hybridized carbons (Fsp3) is 0.286. The van der Waals surface area contributed by atoms with Crippen LogP contribution in [-0.2, 0) is 16.1 Å². The van der Waals surface area contributed by atoms with Gasteiger partial charge in [0.15, 0.2) is 0 Å². The first kappa shape index (κ1) is 17.9. The first-order chi connectivity index (χ1) is 12.4. The Balaban J connectivity index is 1.65. The highest BCUT2D eigenvalue weighted by atomic mass is 16.5. The highest BCUT2D eigenvalue weighted by molar-refractivity contribution is 6.22. The summed E-state index contributed by atoms with van der Waals surface area (Å²) in [6.45, 7) is 5.83. The number of benzene rings is 2. The Morgan fingerprint density at radius 3 is 1.96 bits per heavy atom. The summed E-state index contributed by atoms with van der Waals surface area (Å²) in [5, 5.41) is 0. The molecule has 5 nitrogen and oxygen atoms in total. The molecule has 0 N–H and O–H groups in total. The van der Waals surface area contributed by atoms with Gasteiger partial charge in [-0.3, -0.25) is 14.5 Å². The topological polar surface area (TPSA) is 63.7 Å². The summed E-state index contributed by atoms with van der Waals surface area (Å²) in [7, 11) is 0. The van der Waals surface area contributed by atoms with E-state index in [0.717, 1.165) is 10.5 Å². The second-order valence-corrected chi connectivity index (χ2v) is 6.71. The van der Waals surface area contributed by atoms with E-state index in [1.54, 1.807) is 24.3 Å². The van der Waals surface area contributed by atoms with Crippen LogP contribution in [0.1, 0.15) is 58.5 Å². The standard InChI is InChI=1S/C21H21NO4/c1-13(2)16-10-8-15(9-11-16)12-26-21(25)14(3)22-19(23)17-6-4-5-7-18(17)20(22)24/h4-11,13-14H,12H2,1-3H3. The van der Waals surface area contributed by atoms with Gasteiger partial charge in [-0.25, -0.2) is 4.79 Å². The number of hydrogen-bond donors (Lipinski definition) is 0. The van der Waals surface area contributed by atoms with E-state index in [-0.39, 0.29) is 6.61 Å². The van der Waals surface area contributed by atoms with Crippen molar-refractivity contribution >= 4 is 17.8 Å². The second kappa shape index (κ2) is 7.12. The van der Waals surface area contributed by atoms with Gasteiger partial charge in [-0.05, 0) is 36.1 Å². The zero-order chi connectivity index (χ0) is 18.8. The van der Waals surface area contributed by atoms with Crippen molar-refractivity contribution in [1.29, 1.82) is 0 Å². The molecule has 26 heavy (non-hydrogen) atoms. The molecule has 2 aromatic carbocycles. The minimum absolute atomic E-state index is 0.102. The molecule has 0 aromatic heterocycles. The predicted octanol–water partition coefficient (Wildman–Crippen LogP) is 3.54. The number of amides is 2. The minimum atomic E-state index is -0.975. The summed E-state index contributed by atoms with van der Waals surface area (Å²) >= 11 is 0. The molecule has 0 spiro atoms. The maximum absolute atomic E-state index is 12.4. The number of nitrogens with zero attached hydrogens (tertiary/aromatic N) is 1. The quantitative estimate of drug-likeness (QED) is 0.610. The number of hydrogen-bond acceptors (Lipinski definition) is 4. The summed E-state index contributed by atoms with van der Waals surface area (Å²) in [5.74, 6) is -1.10. The third-order valence-electron chi connectivity index (χ3n) is 4.58. The van der Waals surface area contributed by atoms with Crippen LogP contribution in [0.25, 0.3) is 0 Å². The number of esters is 1. The fourth-order valence-corrected chi connectivity index (χ4v) is 2.94. The number of carbonyl (C=O) groups excluding carboxylic acids is 3. The molecular formula is C21H21NO4. The molecule has 0 radical (unpaired) electrons. The lowest BCUT2D eigenvalue weighted by Gasteiger charge is -2.21. The summed E-state index contributed by atoms with van der Waals surface area (Å²) < 4.78 is 5.31. The molecular weight excluding hydrogens is 330 g/mol. The van der Waals surface area contributed by atoms with Crippen molar-refractivity contribution in [2.45, 2.75) is 39.3 Å².